The Balaban J connectivity index is 1.89. The summed E-state index contributed by atoms with van der Waals surface area (Å²) in [6, 6.07) is 6.04. The molecule has 1 fully saturated rings. The standard InChI is InChI=1S/C18H27NO3/c1-12(2)16(20)9-18(21)19-10-15-7-4-13(3)8-17(15)22-11-14-5-6-14/h4,7-8,12,14,16,20H,5-6,9-11H2,1-3H3,(H,19,21). The first-order valence-electron chi connectivity index (χ1n) is 8.12. The quantitative estimate of drug-likeness (QED) is 0.776. The van der Waals surface area contributed by atoms with Gasteiger partial charge in [-0.2, -0.15) is 0 Å². The fourth-order valence-electron chi connectivity index (χ4n) is 2.13. The third-order valence-electron chi connectivity index (χ3n) is 4.03. The second-order valence-electron chi connectivity index (χ2n) is 6.66. The van der Waals surface area contributed by atoms with Crippen molar-refractivity contribution in [3.05, 3.63) is 29.3 Å². The van der Waals surface area contributed by atoms with Gasteiger partial charge in [-0.3, -0.25) is 4.79 Å². The number of ether oxygens (including phenoxy) is 1. The number of nitrogens with one attached hydrogen (secondary N) is 1. The van der Waals surface area contributed by atoms with E-state index in [1.165, 1.54) is 12.8 Å². The molecule has 0 saturated heterocycles. The second kappa shape index (κ2) is 7.63. The number of aliphatic hydroxyl groups excluding tert-OH is 1. The van der Waals surface area contributed by atoms with Gasteiger partial charge in [0.05, 0.1) is 19.1 Å². The Kier molecular flexibility index (Phi) is 5.83. The average Bonchev–Trinajstić information content (AvgIpc) is 3.28. The van der Waals surface area contributed by atoms with E-state index in [0.29, 0.717) is 12.5 Å². The minimum Gasteiger partial charge on any atom is -0.493 e. The van der Waals surface area contributed by atoms with Crippen molar-refractivity contribution in [2.45, 2.75) is 52.7 Å². The molecule has 1 unspecified atom stereocenters. The Labute approximate surface area is 132 Å². The van der Waals surface area contributed by atoms with Crippen molar-refractivity contribution in [3.8, 4) is 5.75 Å². The predicted octanol–water partition coefficient (Wildman–Crippen LogP) is 2.81. The van der Waals surface area contributed by atoms with Gasteiger partial charge in [-0.25, -0.2) is 0 Å². The number of amides is 1. The topological polar surface area (TPSA) is 58.6 Å². The first kappa shape index (κ1) is 16.8. The molecule has 1 aliphatic carbocycles. The zero-order valence-electron chi connectivity index (χ0n) is 13.8. The minimum absolute atomic E-state index is 0.0857. The van der Waals surface area contributed by atoms with E-state index in [0.717, 1.165) is 23.5 Å². The van der Waals surface area contributed by atoms with Crippen LogP contribution in [-0.4, -0.2) is 23.7 Å². The molecule has 0 heterocycles. The molecule has 1 aliphatic rings. The summed E-state index contributed by atoms with van der Waals surface area (Å²) < 4.78 is 5.89. The lowest BCUT2D eigenvalue weighted by molar-refractivity contribution is -0.123. The minimum atomic E-state index is -0.594. The SMILES string of the molecule is Cc1ccc(CNC(=O)CC(O)C(C)C)c(OCC2CC2)c1. The molecule has 4 nitrogen and oxygen atoms in total. The summed E-state index contributed by atoms with van der Waals surface area (Å²) in [5.74, 6) is 1.51. The highest BCUT2D eigenvalue weighted by Gasteiger charge is 2.22. The highest BCUT2D eigenvalue weighted by Crippen LogP contribution is 2.30. The highest BCUT2D eigenvalue weighted by atomic mass is 16.5. The van der Waals surface area contributed by atoms with Crippen molar-refractivity contribution in [1.82, 2.24) is 5.32 Å². The van der Waals surface area contributed by atoms with Crippen molar-refractivity contribution in [3.63, 3.8) is 0 Å². The number of aryl methyl sites for hydroxylation is 1. The molecule has 0 bridgehead atoms. The molecular weight excluding hydrogens is 278 g/mol. The molecule has 1 atom stereocenters. The molecule has 1 aromatic rings. The molecule has 0 aromatic heterocycles. The number of aliphatic hydroxyl groups is 1. The van der Waals surface area contributed by atoms with Crippen LogP contribution in [0.15, 0.2) is 18.2 Å². The van der Waals surface area contributed by atoms with Crippen LogP contribution in [0.3, 0.4) is 0 Å². The smallest absolute Gasteiger partial charge is 0.222 e. The highest BCUT2D eigenvalue weighted by molar-refractivity contribution is 5.76. The maximum absolute atomic E-state index is 11.9. The molecule has 0 aliphatic heterocycles. The molecule has 2 N–H and O–H groups in total. The molecule has 1 aromatic carbocycles. The fraction of sp³-hybridized carbons (Fsp3) is 0.611. The van der Waals surface area contributed by atoms with Gasteiger partial charge < -0.3 is 15.2 Å². The molecular formula is C18H27NO3. The first-order chi connectivity index (χ1) is 10.5. The number of carbonyl (C=O) groups excluding carboxylic acids is 1. The van der Waals surface area contributed by atoms with Crippen molar-refractivity contribution in [2.75, 3.05) is 6.61 Å². The Hall–Kier alpha value is -1.55. The van der Waals surface area contributed by atoms with E-state index >= 15 is 0 Å². The second-order valence-corrected chi connectivity index (χ2v) is 6.66. The molecule has 122 valence electrons. The van der Waals surface area contributed by atoms with E-state index in [1.807, 2.05) is 39.0 Å². The molecule has 1 amide bonds. The van der Waals surface area contributed by atoms with Gasteiger partial charge in [-0.1, -0.05) is 26.0 Å². The predicted molar refractivity (Wildman–Crippen MR) is 86.7 cm³/mol. The van der Waals surface area contributed by atoms with Crippen molar-refractivity contribution >= 4 is 5.91 Å². The van der Waals surface area contributed by atoms with Gasteiger partial charge in [0.1, 0.15) is 5.75 Å². The van der Waals surface area contributed by atoms with Crippen LogP contribution < -0.4 is 10.1 Å². The van der Waals surface area contributed by atoms with Crippen molar-refractivity contribution in [2.24, 2.45) is 11.8 Å². The molecule has 4 heteroatoms. The number of rotatable bonds is 8. The Bertz CT molecular complexity index is 509. The molecule has 1 saturated carbocycles. The first-order valence-corrected chi connectivity index (χ1v) is 8.12. The van der Waals surface area contributed by atoms with Crippen molar-refractivity contribution < 1.29 is 14.6 Å². The monoisotopic (exact) mass is 305 g/mol. The molecule has 22 heavy (non-hydrogen) atoms. The molecule has 0 radical (unpaired) electrons. The van der Waals surface area contributed by atoms with E-state index in [4.69, 9.17) is 4.74 Å². The van der Waals surface area contributed by atoms with Crippen LogP contribution in [0.1, 0.15) is 44.2 Å². The normalized spacial score (nSPS) is 15.7. The van der Waals surface area contributed by atoms with Gasteiger partial charge in [-0.05, 0) is 43.2 Å². The van der Waals surface area contributed by atoms with Gasteiger partial charge in [0, 0.05) is 12.1 Å². The number of benzene rings is 1. The van der Waals surface area contributed by atoms with Crippen LogP contribution >= 0.6 is 0 Å². The third-order valence-corrected chi connectivity index (χ3v) is 4.03. The van der Waals surface area contributed by atoms with Crippen LogP contribution in [0, 0.1) is 18.8 Å². The number of hydrogen-bond donors (Lipinski definition) is 2. The van der Waals surface area contributed by atoms with Gasteiger partial charge in [0.25, 0.3) is 0 Å². The summed E-state index contributed by atoms with van der Waals surface area (Å²) in [4.78, 5) is 11.9. The molecule has 2 rings (SSSR count). The summed E-state index contributed by atoms with van der Waals surface area (Å²) in [5.41, 5.74) is 2.13. The zero-order chi connectivity index (χ0) is 16.1. The average molecular weight is 305 g/mol. The van der Waals surface area contributed by atoms with E-state index in [1.54, 1.807) is 0 Å². The summed E-state index contributed by atoms with van der Waals surface area (Å²) in [5, 5.41) is 12.6. The Morgan fingerprint density at radius 2 is 2.14 bits per heavy atom. The fourth-order valence-corrected chi connectivity index (χ4v) is 2.13. The molecule has 0 spiro atoms. The van der Waals surface area contributed by atoms with E-state index in [9.17, 15) is 9.90 Å². The summed E-state index contributed by atoms with van der Waals surface area (Å²) in [7, 11) is 0. The van der Waals surface area contributed by atoms with Crippen LogP contribution in [0.4, 0.5) is 0 Å². The lowest BCUT2D eigenvalue weighted by Gasteiger charge is -2.15. The maximum Gasteiger partial charge on any atom is 0.222 e. The van der Waals surface area contributed by atoms with Crippen LogP contribution in [-0.2, 0) is 11.3 Å². The maximum atomic E-state index is 11.9. The Morgan fingerprint density at radius 3 is 2.77 bits per heavy atom. The number of hydrogen-bond acceptors (Lipinski definition) is 3. The van der Waals surface area contributed by atoms with E-state index in [2.05, 4.69) is 5.32 Å². The summed E-state index contributed by atoms with van der Waals surface area (Å²) in [6.45, 7) is 7.04. The lowest BCUT2D eigenvalue weighted by Crippen LogP contribution is -2.29. The van der Waals surface area contributed by atoms with Crippen LogP contribution in [0.2, 0.25) is 0 Å². The third kappa shape index (κ3) is 5.34. The van der Waals surface area contributed by atoms with Gasteiger partial charge in [-0.15, -0.1) is 0 Å². The zero-order valence-corrected chi connectivity index (χ0v) is 13.8. The lowest BCUT2D eigenvalue weighted by atomic mass is 10.0. The summed E-state index contributed by atoms with van der Waals surface area (Å²) in [6.07, 6.45) is 2.06. The van der Waals surface area contributed by atoms with Gasteiger partial charge >= 0.3 is 0 Å². The Morgan fingerprint density at radius 1 is 1.41 bits per heavy atom. The largest absolute Gasteiger partial charge is 0.493 e. The van der Waals surface area contributed by atoms with Gasteiger partial charge in [0.15, 0.2) is 0 Å². The number of carbonyl (C=O) groups is 1. The van der Waals surface area contributed by atoms with E-state index in [-0.39, 0.29) is 18.2 Å². The van der Waals surface area contributed by atoms with Crippen molar-refractivity contribution in [1.29, 1.82) is 0 Å². The van der Waals surface area contributed by atoms with Gasteiger partial charge in [0.2, 0.25) is 5.91 Å². The van der Waals surface area contributed by atoms with Crippen LogP contribution in [0.25, 0.3) is 0 Å². The summed E-state index contributed by atoms with van der Waals surface area (Å²) >= 11 is 0. The van der Waals surface area contributed by atoms with Crippen LogP contribution in [0.5, 0.6) is 5.75 Å². The van der Waals surface area contributed by atoms with E-state index < -0.39 is 6.10 Å².